The zero-order valence-electron chi connectivity index (χ0n) is 12.3. The molecule has 1 amide bonds. The van der Waals surface area contributed by atoms with Gasteiger partial charge in [0.1, 0.15) is 5.82 Å². The van der Waals surface area contributed by atoms with E-state index in [0.717, 1.165) is 24.8 Å². The Morgan fingerprint density at radius 3 is 2.45 bits per heavy atom. The van der Waals surface area contributed by atoms with Crippen LogP contribution in [0.15, 0.2) is 24.3 Å². The molecule has 2 saturated carbocycles. The minimum Gasteiger partial charge on any atom is -0.481 e. The number of amides is 1. The van der Waals surface area contributed by atoms with E-state index in [1.54, 1.807) is 12.1 Å². The Bertz CT molecular complexity index is 572. The molecule has 0 saturated heterocycles. The molecule has 2 unspecified atom stereocenters. The van der Waals surface area contributed by atoms with Crippen molar-refractivity contribution in [3.63, 3.8) is 0 Å². The van der Waals surface area contributed by atoms with Gasteiger partial charge in [0.2, 0.25) is 5.91 Å². The number of carbonyl (C=O) groups is 2. The monoisotopic (exact) mass is 305 g/mol. The van der Waals surface area contributed by atoms with Gasteiger partial charge in [0.25, 0.3) is 0 Å². The zero-order valence-corrected chi connectivity index (χ0v) is 12.3. The van der Waals surface area contributed by atoms with Crippen molar-refractivity contribution in [2.45, 2.75) is 44.1 Å². The number of nitrogens with one attached hydrogen (secondary N) is 1. The fourth-order valence-corrected chi connectivity index (χ4v) is 3.39. The van der Waals surface area contributed by atoms with Gasteiger partial charge in [0.05, 0.1) is 5.92 Å². The van der Waals surface area contributed by atoms with E-state index >= 15 is 0 Å². The lowest BCUT2D eigenvalue weighted by molar-refractivity contribution is -0.144. The average Bonchev–Trinajstić information content (AvgIpc) is 3.27. The molecule has 2 aliphatic carbocycles. The van der Waals surface area contributed by atoms with Crippen LogP contribution in [0.5, 0.6) is 0 Å². The third-order valence-electron chi connectivity index (χ3n) is 4.81. The summed E-state index contributed by atoms with van der Waals surface area (Å²) >= 11 is 0. The predicted octanol–water partition coefficient (Wildman–Crippen LogP) is 2.69. The first-order chi connectivity index (χ1) is 10.5. The summed E-state index contributed by atoms with van der Waals surface area (Å²) in [5.74, 6) is -1.41. The fraction of sp³-hybridized carbons (Fsp3) is 0.529. The second kappa shape index (κ2) is 6.07. The van der Waals surface area contributed by atoms with Gasteiger partial charge in [0, 0.05) is 17.9 Å². The average molecular weight is 305 g/mol. The molecule has 22 heavy (non-hydrogen) atoms. The van der Waals surface area contributed by atoms with E-state index in [1.165, 1.54) is 12.1 Å². The van der Waals surface area contributed by atoms with Gasteiger partial charge < -0.3 is 10.4 Å². The summed E-state index contributed by atoms with van der Waals surface area (Å²) in [6.45, 7) is 0. The van der Waals surface area contributed by atoms with Gasteiger partial charge in [0.15, 0.2) is 0 Å². The first-order valence-electron chi connectivity index (χ1n) is 7.83. The van der Waals surface area contributed by atoms with Gasteiger partial charge in [-0.3, -0.25) is 9.59 Å². The Balaban J connectivity index is 1.53. The molecule has 0 radical (unpaired) electrons. The highest BCUT2D eigenvalue weighted by Crippen LogP contribution is 2.41. The van der Waals surface area contributed by atoms with Gasteiger partial charge in [-0.15, -0.1) is 0 Å². The molecule has 4 nitrogen and oxygen atoms in total. The first-order valence-corrected chi connectivity index (χ1v) is 7.83. The van der Waals surface area contributed by atoms with E-state index in [-0.39, 0.29) is 29.6 Å². The van der Waals surface area contributed by atoms with Crippen molar-refractivity contribution in [3.05, 3.63) is 35.6 Å². The van der Waals surface area contributed by atoms with Gasteiger partial charge in [-0.1, -0.05) is 18.6 Å². The number of rotatable bonds is 4. The number of hydrogen-bond acceptors (Lipinski definition) is 2. The van der Waals surface area contributed by atoms with Crippen molar-refractivity contribution in [2.75, 3.05) is 0 Å². The highest BCUT2D eigenvalue weighted by Gasteiger charge is 2.41. The minimum absolute atomic E-state index is 0.0273. The van der Waals surface area contributed by atoms with E-state index in [2.05, 4.69) is 5.32 Å². The number of carboxylic acids is 1. The van der Waals surface area contributed by atoms with Crippen LogP contribution in [0.2, 0.25) is 0 Å². The predicted molar refractivity (Wildman–Crippen MR) is 78.8 cm³/mol. The molecule has 4 atom stereocenters. The van der Waals surface area contributed by atoms with Crippen LogP contribution in [0.4, 0.5) is 4.39 Å². The second-order valence-corrected chi connectivity index (χ2v) is 6.41. The molecule has 1 aromatic rings. The Labute approximate surface area is 128 Å². The number of carbonyl (C=O) groups excluding carboxylic acids is 1. The molecule has 2 fully saturated rings. The van der Waals surface area contributed by atoms with E-state index < -0.39 is 11.9 Å². The maximum Gasteiger partial charge on any atom is 0.306 e. The van der Waals surface area contributed by atoms with Crippen LogP contribution in [0.1, 0.15) is 43.6 Å². The Kier molecular flexibility index (Phi) is 4.14. The summed E-state index contributed by atoms with van der Waals surface area (Å²) in [5, 5.41) is 12.1. The number of hydrogen-bond donors (Lipinski definition) is 2. The maximum absolute atomic E-state index is 12.9. The van der Waals surface area contributed by atoms with Crippen molar-refractivity contribution in [2.24, 2.45) is 11.8 Å². The molecule has 3 rings (SSSR count). The number of benzene rings is 1. The quantitative estimate of drug-likeness (QED) is 0.899. The van der Waals surface area contributed by atoms with Crippen LogP contribution >= 0.6 is 0 Å². The lowest BCUT2D eigenvalue weighted by atomic mass is 9.81. The van der Waals surface area contributed by atoms with Gasteiger partial charge in [-0.25, -0.2) is 4.39 Å². The highest BCUT2D eigenvalue weighted by molar-refractivity contribution is 5.81. The molecule has 118 valence electrons. The second-order valence-electron chi connectivity index (χ2n) is 6.41. The van der Waals surface area contributed by atoms with E-state index in [4.69, 9.17) is 5.11 Å². The van der Waals surface area contributed by atoms with Gasteiger partial charge in [-0.2, -0.15) is 0 Å². The summed E-state index contributed by atoms with van der Waals surface area (Å²) in [7, 11) is 0. The topological polar surface area (TPSA) is 66.4 Å². The summed E-state index contributed by atoms with van der Waals surface area (Å²) < 4.78 is 12.9. The fourth-order valence-electron chi connectivity index (χ4n) is 3.39. The minimum atomic E-state index is -0.798. The summed E-state index contributed by atoms with van der Waals surface area (Å²) in [6.07, 6.45) is 3.53. The summed E-state index contributed by atoms with van der Waals surface area (Å²) in [5.41, 5.74) is 1.04. The van der Waals surface area contributed by atoms with E-state index in [1.807, 2.05) is 0 Å². The molecule has 2 N–H and O–H groups in total. The van der Waals surface area contributed by atoms with E-state index in [0.29, 0.717) is 12.8 Å². The molecular formula is C17H20FNO3. The number of halogens is 1. The van der Waals surface area contributed by atoms with Crippen molar-refractivity contribution in [1.82, 2.24) is 5.32 Å². The standard InChI is InChI=1S/C17H20FNO3/c18-13-6-4-10(5-7-13)14-9-15(14)19-16(20)11-2-1-3-12(8-11)17(21)22/h4-7,11-12,14-15H,1-3,8-9H2,(H,19,20)(H,21,22)/t11?,12?,14-,15+/m0/s1. The molecule has 0 spiro atoms. The molecular weight excluding hydrogens is 285 g/mol. The van der Waals surface area contributed by atoms with Crippen LogP contribution in [-0.2, 0) is 9.59 Å². The Hall–Kier alpha value is -1.91. The SMILES string of the molecule is O=C(O)C1CCCC(C(=O)N[C@@H]2C[C@H]2c2ccc(F)cc2)C1. The van der Waals surface area contributed by atoms with Crippen molar-refractivity contribution < 1.29 is 19.1 Å². The van der Waals surface area contributed by atoms with Crippen LogP contribution in [0.3, 0.4) is 0 Å². The van der Waals surface area contributed by atoms with Crippen LogP contribution in [0.25, 0.3) is 0 Å². The molecule has 5 heteroatoms. The lowest BCUT2D eigenvalue weighted by Gasteiger charge is -2.25. The Morgan fingerprint density at radius 2 is 1.77 bits per heavy atom. The van der Waals surface area contributed by atoms with Crippen molar-refractivity contribution in [1.29, 1.82) is 0 Å². The van der Waals surface area contributed by atoms with Crippen LogP contribution in [-0.4, -0.2) is 23.0 Å². The third kappa shape index (κ3) is 3.29. The molecule has 1 aromatic carbocycles. The third-order valence-corrected chi connectivity index (χ3v) is 4.81. The molecule has 0 aliphatic heterocycles. The zero-order chi connectivity index (χ0) is 15.7. The summed E-state index contributed by atoms with van der Waals surface area (Å²) in [6, 6.07) is 6.49. The molecule has 0 aromatic heterocycles. The molecule has 2 aliphatic rings. The van der Waals surface area contributed by atoms with Crippen molar-refractivity contribution in [3.8, 4) is 0 Å². The van der Waals surface area contributed by atoms with Gasteiger partial charge in [-0.05, 0) is 43.4 Å². The number of carboxylic acid groups (broad SMARTS) is 1. The first kappa shape index (κ1) is 15.0. The van der Waals surface area contributed by atoms with Gasteiger partial charge >= 0.3 is 5.97 Å². The lowest BCUT2D eigenvalue weighted by Crippen LogP contribution is -2.36. The smallest absolute Gasteiger partial charge is 0.306 e. The van der Waals surface area contributed by atoms with Crippen LogP contribution in [0, 0.1) is 17.7 Å². The largest absolute Gasteiger partial charge is 0.481 e. The van der Waals surface area contributed by atoms with Crippen molar-refractivity contribution >= 4 is 11.9 Å². The van der Waals surface area contributed by atoms with E-state index in [9.17, 15) is 14.0 Å². The number of aliphatic carboxylic acids is 1. The molecule has 0 heterocycles. The maximum atomic E-state index is 12.9. The Morgan fingerprint density at radius 1 is 1.09 bits per heavy atom. The summed E-state index contributed by atoms with van der Waals surface area (Å²) in [4.78, 5) is 23.3. The molecule has 0 bridgehead atoms. The normalized spacial score (nSPS) is 30.6. The highest BCUT2D eigenvalue weighted by atomic mass is 19.1. The van der Waals surface area contributed by atoms with Crippen LogP contribution < -0.4 is 5.32 Å².